The van der Waals surface area contributed by atoms with Gasteiger partial charge in [-0.25, -0.2) is 0 Å². The van der Waals surface area contributed by atoms with E-state index < -0.39 is 0 Å². The van der Waals surface area contributed by atoms with Gasteiger partial charge in [0.05, 0.1) is 6.10 Å². The molecule has 0 bridgehead atoms. The van der Waals surface area contributed by atoms with Crippen LogP contribution in [0.1, 0.15) is 76.7 Å². The number of aliphatic hydroxyl groups excluding tert-OH is 1. The maximum Gasteiger partial charge on any atom is 0.0540 e. The molecule has 0 aliphatic carbocycles. The largest absolute Gasteiger partial charge is 0.393 e. The predicted molar refractivity (Wildman–Crippen MR) is 90.7 cm³/mol. The molecule has 1 aromatic rings. The van der Waals surface area contributed by atoms with Crippen LogP contribution in [0.4, 0.5) is 0 Å². The topological polar surface area (TPSA) is 20.2 Å². The Morgan fingerprint density at radius 1 is 0.950 bits per heavy atom. The summed E-state index contributed by atoms with van der Waals surface area (Å²) in [4.78, 5) is 1.02. The average molecular weight is 295 g/mol. The highest BCUT2D eigenvalue weighted by molar-refractivity contribution is 7.80. The molecule has 1 N–H and O–H groups in total. The maximum absolute atomic E-state index is 9.96. The summed E-state index contributed by atoms with van der Waals surface area (Å²) in [5.41, 5.74) is 1.38. The minimum absolute atomic E-state index is 0.0983. The van der Waals surface area contributed by atoms with Crippen molar-refractivity contribution in [3.05, 3.63) is 29.8 Å². The first kappa shape index (κ1) is 17.6. The fourth-order valence-electron chi connectivity index (χ4n) is 2.58. The van der Waals surface area contributed by atoms with Crippen LogP contribution in [-0.4, -0.2) is 11.2 Å². The van der Waals surface area contributed by atoms with Crippen molar-refractivity contribution in [2.24, 2.45) is 0 Å². The van der Waals surface area contributed by atoms with E-state index in [4.69, 9.17) is 0 Å². The van der Waals surface area contributed by atoms with Crippen molar-refractivity contribution in [3.8, 4) is 0 Å². The van der Waals surface area contributed by atoms with E-state index >= 15 is 0 Å². The number of rotatable bonds is 10. The molecule has 0 spiro atoms. The quantitative estimate of drug-likeness (QED) is 0.426. The number of aliphatic hydroxyl groups is 1. The highest BCUT2D eigenvalue weighted by atomic mass is 32.1. The van der Waals surface area contributed by atoms with Crippen LogP contribution in [0.25, 0.3) is 0 Å². The molecule has 0 radical (unpaired) electrons. The third-order valence-corrected chi connectivity index (χ3v) is 4.33. The van der Waals surface area contributed by atoms with E-state index in [9.17, 15) is 5.11 Å². The molecule has 0 saturated carbocycles. The van der Waals surface area contributed by atoms with Crippen molar-refractivity contribution >= 4 is 12.6 Å². The van der Waals surface area contributed by atoms with E-state index in [0.717, 1.165) is 30.6 Å². The van der Waals surface area contributed by atoms with E-state index in [1.165, 1.54) is 31.2 Å². The van der Waals surface area contributed by atoms with Crippen LogP contribution >= 0.6 is 12.6 Å². The Labute approximate surface area is 130 Å². The lowest BCUT2D eigenvalue weighted by Crippen LogP contribution is -2.07. The zero-order valence-electron chi connectivity index (χ0n) is 13.0. The second kappa shape index (κ2) is 10.3. The summed E-state index contributed by atoms with van der Waals surface area (Å²) in [5, 5.41) is 9.96. The number of hydrogen-bond acceptors (Lipinski definition) is 2. The molecule has 0 heterocycles. The summed E-state index contributed by atoms with van der Waals surface area (Å²) >= 11 is 4.31. The number of thiol groups is 1. The third kappa shape index (κ3) is 7.35. The molecule has 2 heteroatoms. The van der Waals surface area contributed by atoms with Crippen LogP contribution in [-0.2, 0) is 0 Å². The number of benzene rings is 1. The van der Waals surface area contributed by atoms with Gasteiger partial charge >= 0.3 is 0 Å². The Balaban J connectivity index is 2.15. The van der Waals surface area contributed by atoms with Crippen LogP contribution in [0.5, 0.6) is 0 Å². The van der Waals surface area contributed by atoms with Crippen LogP contribution < -0.4 is 0 Å². The Hall–Kier alpha value is -0.470. The van der Waals surface area contributed by atoms with E-state index in [2.05, 4.69) is 50.7 Å². The lowest BCUT2D eigenvalue weighted by molar-refractivity contribution is 0.147. The van der Waals surface area contributed by atoms with E-state index in [1.54, 1.807) is 0 Å². The molecular weight excluding hydrogens is 264 g/mol. The minimum Gasteiger partial charge on any atom is -0.393 e. The van der Waals surface area contributed by atoms with Gasteiger partial charge < -0.3 is 5.11 Å². The van der Waals surface area contributed by atoms with Gasteiger partial charge in [0.15, 0.2) is 0 Å². The molecule has 1 aromatic carbocycles. The van der Waals surface area contributed by atoms with Crippen molar-refractivity contribution in [1.82, 2.24) is 0 Å². The molecule has 0 saturated heterocycles. The average Bonchev–Trinajstić information content (AvgIpc) is 2.44. The summed E-state index contributed by atoms with van der Waals surface area (Å²) in [6, 6.07) is 8.43. The number of hydrogen-bond donors (Lipinski definition) is 2. The van der Waals surface area contributed by atoms with E-state index in [1.807, 2.05) is 0 Å². The van der Waals surface area contributed by atoms with E-state index in [0.29, 0.717) is 5.92 Å². The maximum atomic E-state index is 9.96. The molecule has 1 nitrogen and oxygen atoms in total. The minimum atomic E-state index is -0.0983. The molecule has 0 fully saturated rings. The molecule has 1 rings (SSSR count). The van der Waals surface area contributed by atoms with Gasteiger partial charge in [-0.1, -0.05) is 58.1 Å². The molecule has 2 unspecified atom stereocenters. The zero-order chi connectivity index (χ0) is 14.8. The van der Waals surface area contributed by atoms with Gasteiger partial charge in [-0.2, -0.15) is 0 Å². The Morgan fingerprint density at radius 2 is 1.60 bits per heavy atom. The molecule has 0 amide bonds. The second-order valence-electron chi connectivity index (χ2n) is 5.93. The molecule has 114 valence electrons. The lowest BCUT2D eigenvalue weighted by atomic mass is 9.94. The Morgan fingerprint density at radius 3 is 2.25 bits per heavy atom. The molecule has 0 aliphatic heterocycles. The highest BCUT2D eigenvalue weighted by Gasteiger charge is 2.08. The van der Waals surface area contributed by atoms with Crippen LogP contribution in [0.2, 0.25) is 0 Å². The van der Waals surface area contributed by atoms with Gasteiger partial charge in [0.1, 0.15) is 0 Å². The third-order valence-electron chi connectivity index (χ3n) is 4.03. The highest BCUT2D eigenvalue weighted by Crippen LogP contribution is 2.23. The molecular formula is C18H30OS. The standard InChI is InChI=1S/C18H30OS/c1-3-4-5-6-9-17(19)10-7-8-15(2)16-11-13-18(20)14-12-16/h11-15,17,19-20H,3-10H2,1-2H3. The van der Waals surface area contributed by atoms with Crippen molar-refractivity contribution in [2.45, 2.75) is 82.1 Å². The number of unbranched alkanes of at least 4 members (excludes halogenated alkanes) is 3. The lowest BCUT2D eigenvalue weighted by Gasteiger charge is -2.14. The smallest absolute Gasteiger partial charge is 0.0540 e. The zero-order valence-corrected chi connectivity index (χ0v) is 13.9. The van der Waals surface area contributed by atoms with Gasteiger partial charge in [0.2, 0.25) is 0 Å². The fourth-order valence-corrected chi connectivity index (χ4v) is 2.73. The Bertz CT molecular complexity index is 347. The van der Waals surface area contributed by atoms with Crippen LogP contribution in [0.3, 0.4) is 0 Å². The Kier molecular flexibility index (Phi) is 9.04. The normalized spacial score (nSPS) is 14.2. The predicted octanol–water partition coefficient (Wildman–Crippen LogP) is 5.58. The van der Waals surface area contributed by atoms with Crippen molar-refractivity contribution < 1.29 is 5.11 Å². The van der Waals surface area contributed by atoms with Crippen LogP contribution in [0, 0.1) is 0 Å². The molecule has 2 atom stereocenters. The SMILES string of the molecule is CCCCCCC(O)CCCC(C)c1ccc(S)cc1. The van der Waals surface area contributed by atoms with Gasteiger partial charge in [0.25, 0.3) is 0 Å². The van der Waals surface area contributed by atoms with Gasteiger partial charge in [-0.3, -0.25) is 0 Å². The van der Waals surface area contributed by atoms with E-state index in [-0.39, 0.29) is 6.10 Å². The van der Waals surface area contributed by atoms with Crippen LogP contribution in [0.15, 0.2) is 29.2 Å². The van der Waals surface area contributed by atoms with Gasteiger partial charge in [-0.05, 0) is 42.9 Å². The monoisotopic (exact) mass is 294 g/mol. The second-order valence-corrected chi connectivity index (χ2v) is 6.44. The summed E-state index contributed by atoms with van der Waals surface area (Å²) in [6.07, 6.45) is 9.08. The summed E-state index contributed by atoms with van der Waals surface area (Å²) in [6.45, 7) is 4.49. The fraction of sp³-hybridized carbons (Fsp3) is 0.667. The molecule has 0 aliphatic rings. The molecule has 20 heavy (non-hydrogen) atoms. The summed E-state index contributed by atoms with van der Waals surface area (Å²) in [5.74, 6) is 0.566. The van der Waals surface area contributed by atoms with Crippen molar-refractivity contribution in [3.63, 3.8) is 0 Å². The van der Waals surface area contributed by atoms with Gasteiger partial charge in [0, 0.05) is 4.90 Å². The summed E-state index contributed by atoms with van der Waals surface area (Å²) in [7, 11) is 0. The van der Waals surface area contributed by atoms with Gasteiger partial charge in [-0.15, -0.1) is 12.6 Å². The first-order chi connectivity index (χ1) is 9.63. The first-order valence-electron chi connectivity index (χ1n) is 8.10. The van der Waals surface area contributed by atoms with Crippen molar-refractivity contribution in [1.29, 1.82) is 0 Å². The molecule has 0 aromatic heterocycles. The van der Waals surface area contributed by atoms with Crippen molar-refractivity contribution in [2.75, 3.05) is 0 Å². The first-order valence-corrected chi connectivity index (χ1v) is 8.55. The summed E-state index contributed by atoms with van der Waals surface area (Å²) < 4.78 is 0.